The van der Waals surface area contributed by atoms with Crippen LogP contribution in [0.15, 0.2) is 18.3 Å². The Balaban J connectivity index is 2.35. The monoisotopic (exact) mass is 220 g/mol. The molecule has 0 unspecified atom stereocenters. The smallest absolute Gasteiger partial charge is 0.356 e. The van der Waals surface area contributed by atoms with Crippen LogP contribution in [-0.2, 0) is 0 Å². The number of anilines is 1. The standard InChI is InChI=1S/C12H16N2O2/c1-2-9-5-4-8-14(9)10-6-3-7-13-11(10)12(15)16/h3,6-7,9H,2,4-5,8H2,1H3,(H,15,16)/t9-/m0/s1. The lowest BCUT2D eigenvalue weighted by Crippen LogP contribution is -2.30. The Morgan fingerprint density at radius 1 is 1.69 bits per heavy atom. The number of carbonyl (C=O) groups is 1. The molecule has 0 amide bonds. The average molecular weight is 220 g/mol. The third-order valence-electron chi connectivity index (χ3n) is 3.15. The lowest BCUT2D eigenvalue weighted by atomic mass is 10.1. The number of carboxylic acid groups (broad SMARTS) is 1. The summed E-state index contributed by atoms with van der Waals surface area (Å²) in [5.74, 6) is -0.947. The molecule has 0 radical (unpaired) electrons. The van der Waals surface area contributed by atoms with Gasteiger partial charge in [0.15, 0.2) is 5.69 Å². The molecule has 4 nitrogen and oxygen atoms in total. The van der Waals surface area contributed by atoms with Crippen molar-refractivity contribution in [3.63, 3.8) is 0 Å². The van der Waals surface area contributed by atoms with Gasteiger partial charge in [0, 0.05) is 18.8 Å². The molecule has 0 aromatic carbocycles. The van der Waals surface area contributed by atoms with E-state index in [-0.39, 0.29) is 5.69 Å². The summed E-state index contributed by atoms with van der Waals surface area (Å²) in [5, 5.41) is 9.10. The Morgan fingerprint density at radius 3 is 3.19 bits per heavy atom. The van der Waals surface area contributed by atoms with Crippen molar-refractivity contribution in [1.82, 2.24) is 4.98 Å². The fraction of sp³-hybridized carbons (Fsp3) is 0.500. The van der Waals surface area contributed by atoms with E-state index in [1.54, 1.807) is 6.07 Å². The van der Waals surface area contributed by atoms with Crippen molar-refractivity contribution in [2.75, 3.05) is 11.4 Å². The van der Waals surface area contributed by atoms with Gasteiger partial charge in [-0.2, -0.15) is 0 Å². The third-order valence-corrected chi connectivity index (χ3v) is 3.15. The van der Waals surface area contributed by atoms with Crippen LogP contribution < -0.4 is 4.90 Å². The molecule has 1 N–H and O–H groups in total. The quantitative estimate of drug-likeness (QED) is 0.848. The summed E-state index contributed by atoms with van der Waals surface area (Å²) in [6.07, 6.45) is 4.86. The highest BCUT2D eigenvalue weighted by molar-refractivity contribution is 5.92. The lowest BCUT2D eigenvalue weighted by molar-refractivity contribution is 0.0691. The maximum atomic E-state index is 11.1. The molecule has 16 heavy (non-hydrogen) atoms. The van der Waals surface area contributed by atoms with E-state index in [2.05, 4.69) is 16.8 Å². The summed E-state index contributed by atoms with van der Waals surface area (Å²) in [4.78, 5) is 17.2. The van der Waals surface area contributed by atoms with Gasteiger partial charge in [0.1, 0.15) is 0 Å². The first kappa shape index (κ1) is 10.9. The zero-order valence-corrected chi connectivity index (χ0v) is 9.39. The topological polar surface area (TPSA) is 53.4 Å². The van der Waals surface area contributed by atoms with Crippen LogP contribution in [0.25, 0.3) is 0 Å². The number of hydrogen-bond acceptors (Lipinski definition) is 3. The predicted octanol–water partition coefficient (Wildman–Crippen LogP) is 2.16. The van der Waals surface area contributed by atoms with Crippen molar-refractivity contribution in [2.24, 2.45) is 0 Å². The Bertz CT molecular complexity index is 392. The maximum Gasteiger partial charge on any atom is 0.356 e. The van der Waals surface area contributed by atoms with Gasteiger partial charge in [-0.15, -0.1) is 0 Å². The molecule has 2 heterocycles. The van der Waals surface area contributed by atoms with Gasteiger partial charge in [-0.25, -0.2) is 9.78 Å². The second-order valence-electron chi connectivity index (χ2n) is 4.07. The van der Waals surface area contributed by atoms with E-state index in [0.717, 1.165) is 31.5 Å². The van der Waals surface area contributed by atoms with Crippen LogP contribution in [0.5, 0.6) is 0 Å². The number of carboxylic acids is 1. The summed E-state index contributed by atoms with van der Waals surface area (Å²) in [5.41, 5.74) is 0.933. The molecule has 0 bridgehead atoms. The van der Waals surface area contributed by atoms with Gasteiger partial charge in [-0.3, -0.25) is 0 Å². The minimum absolute atomic E-state index is 0.169. The largest absolute Gasteiger partial charge is 0.476 e. The van der Waals surface area contributed by atoms with Crippen molar-refractivity contribution < 1.29 is 9.90 Å². The molecule has 1 aliphatic heterocycles. The van der Waals surface area contributed by atoms with Crippen molar-refractivity contribution >= 4 is 11.7 Å². The number of aromatic carboxylic acids is 1. The molecule has 1 aromatic rings. The van der Waals surface area contributed by atoms with Crippen LogP contribution in [0.2, 0.25) is 0 Å². The van der Waals surface area contributed by atoms with Crippen molar-refractivity contribution in [3.05, 3.63) is 24.0 Å². The highest BCUT2D eigenvalue weighted by atomic mass is 16.4. The van der Waals surface area contributed by atoms with E-state index in [9.17, 15) is 4.79 Å². The summed E-state index contributed by atoms with van der Waals surface area (Å²) < 4.78 is 0. The van der Waals surface area contributed by atoms with Gasteiger partial charge >= 0.3 is 5.97 Å². The van der Waals surface area contributed by atoms with Crippen LogP contribution in [-0.4, -0.2) is 28.6 Å². The molecule has 1 fully saturated rings. The van der Waals surface area contributed by atoms with Gasteiger partial charge < -0.3 is 10.0 Å². The van der Waals surface area contributed by atoms with Gasteiger partial charge in [-0.1, -0.05) is 6.92 Å². The maximum absolute atomic E-state index is 11.1. The van der Waals surface area contributed by atoms with E-state index in [1.807, 2.05) is 6.07 Å². The SMILES string of the molecule is CC[C@H]1CCCN1c1cccnc1C(=O)O. The van der Waals surface area contributed by atoms with E-state index in [0.29, 0.717) is 6.04 Å². The fourth-order valence-electron chi connectivity index (χ4n) is 2.37. The Kier molecular flexibility index (Phi) is 3.08. The van der Waals surface area contributed by atoms with E-state index in [1.165, 1.54) is 6.20 Å². The molecular weight excluding hydrogens is 204 g/mol. The first-order valence-electron chi connectivity index (χ1n) is 5.69. The van der Waals surface area contributed by atoms with Crippen LogP contribution in [0.3, 0.4) is 0 Å². The van der Waals surface area contributed by atoms with Crippen LogP contribution in [0.4, 0.5) is 5.69 Å². The number of rotatable bonds is 3. The Morgan fingerprint density at radius 2 is 2.50 bits per heavy atom. The van der Waals surface area contributed by atoms with E-state index < -0.39 is 5.97 Å². The van der Waals surface area contributed by atoms with Crippen molar-refractivity contribution in [2.45, 2.75) is 32.2 Å². The van der Waals surface area contributed by atoms with Crippen molar-refractivity contribution in [3.8, 4) is 0 Å². The Hall–Kier alpha value is -1.58. The average Bonchev–Trinajstić information content (AvgIpc) is 2.76. The molecule has 1 saturated heterocycles. The third kappa shape index (κ3) is 1.87. The Labute approximate surface area is 94.9 Å². The normalized spacial score (nSPS) is 20.1. The molecule has 4 heteroatoms. The molecule has 1 aliphatic rings. The molecule has 2 rings (SSSR count). The second kappa shape index (κ2) is 4.51. The minimum Gasteiger partial charge on any atom is -0.476 e. The highest BCUT2D eigenvalue weighted by Crippen LogP contribution is 2.28. The summed E-state index contributed by atoms with van der Waals surface area (Å²) in [6, 6.07) is 4.11. The molecular formula is C12H16N2O2. The predicted molar refractivity (Wildman–Crippen MR) is 61.9 cm³/mol. The van der Waals surface area contributed by atoms with Gasteiger partial charge in [0.05, 0.1) is 5.69 Å². The number of hydrogen-bond donors (Lipinski definition) is 1. The van der Waals surface area contributed by atoms with Crippen LogP contribution in [0.1, 0.15) is 36.7 Å². The number of nitrogens with zero attached hydrogens (tertiary/aromatic N) is 2. The molecule has 0 aliphatic carbocycles. The molecule has 0 saturated carbocycles. The van der Waals surface area contributed by atoms with Crippen molar-refractivity contribution in [1.29, 1.82) is 0 Å². The minimum atomic E-state index is -0.947. The molecule has 1 atom stereocenters. The van der Waals surface area contributed by atoms with Crippen LogP contribution >= 0.6 is 0 Å². The molecule has 1 aromatic heterocycles. The molecule has 0 spiro atoms. The van der Waals surface area contributed by atoms with E-state index >= 15 is 0 Å². The van der Waals surface area contributed by atoms with Gasteiger partial charge in [0.2, 0.25) is 0 Å². The highest BCUT2D eigenvalue weighted by Gasteiger charge is 2.26. The van der Waals surface area contributed by atoms with Gasteiger partial charge in [0.25, 0.3) is 0 Å². The summed E-state index contributed by atoms with van der Waals surface area (Å²) in [7, 11) is 0. The summed E-state index contributed by atoms with van der Waals surface area (Å²) >= 11 is 0. The first-order chi connectivity index (χ1) is 7.74. The van der Waals surface area contributed by atoms with Crippen LogP contribution in [0, 0.1) is 0 Å². The zero-order chi connectivity index (χ0) is 11.5. The fourth-order valence-corrected chi connectivity index (χ4v) is 2.37. The first-order valence-corrected chi connectivity index (χ1v) is 5.69. The van der Waals surface area contributed by atoms with Gasteiger partial charge in [-0.05, 0) is 31.4 Å². The summed E-state index contributed by atoms with van der Waals surface area (Å²) in [6.45, 7) is 3.07. The lowest BCUT2D eigenvalue weighted by Gasteiger charge is -2.26. The van der Waals surface area contributed by atoms with E-state index in [4.69, 9.17) is 5.11 Å². The molecule has 86 valence electrons. The zero-order valence-electron chi connectivity index (χ0n) is 9.39. The second-order valence-corrected chi connectivity index (χ2v) is 4.07. The number of pyridine rings is 1. The number of aromatic nitrogens is 1.